The molecule has 0 aliphatic carbocycles. The Bertz CT molecular complexity index is 1240. The lowest BCUT2D eigenvalue weighted by atomic mass is 10.0. The van der Waals surface area contributed by atoms with Crippen LogP contribution in [0.25, 0.3) is 0 Å². The maximum Gasteiger partial charge on any atom is 0.472 e. The van der Waals surface area contributed by atoms with Gasteiger partial charge in [0.2, 0.25) is 5.91 Å². The molecule has 0 radical (unpaired) electrons. The molecule has 9 nitrogen and oxygen atoms in total. The number of aliphatic hydroxyl groups is 1. The van der Waals surface area contributed by atoms with Crippen LogP contribution < -0.4 is 5.32 Å². The summed E-state index contributed by atoms with van der Waals surface area (Å²) in [6, 6.07) is 0. The molecule has 1 amide bonds. The lowest BCUT2D eigenvalue weighted by Crippen LogP contribution is -2.27. The van der Waals surface area contributed by atoms with Gasteiger partial charge < -0.3 is 20.1 Å². The van der Waals surface area contributed by atoms with Crippen LogP contribution in [0.3, 0.4) is 0 Å². The van der Waals surface area contributed by atoms with Crippen molar-refractivity contribution in [2.45, 2.75) is 187 Å². The second kappa shape index (κ2) is 44.7. The molecule has 10 heteroatoms. The summed E-state index contributed by atoms with van der Waals surface area (Å²) in [7, 11) is -4.44. The van der Waals surface area contributed by atoms with Crippen molar-refractivity contribution < 1.29 is 37.9 Å². The van der Waals surface area contributed by atoms with E-state index in [1.165, 1.54) is 77.0 Å². The Labute approximate surface area is 360 Å². The molecule has 2 atom stereocenters. The topological polar surface area (TPSA) is 131 Å². The van der Waals surface area contributed by atoms with Gasteiger partial charge in [0, 0.05) is 19.4 Å². The van der Waals surface area contributed by atoms with Gasteiger partial charge in [0.15, 0.2) is 0 Å². The van der Waals surface area contributed by atoms with E-state index in [9.17, 15) is 24.2 Å². The third-order valence-corrected chi connectivity index (χ3v) is 10.3. The highest BCUT2D eigenvalue weighted by atomic mass is 31.2. The predicted molar refractivity (Wildman–Crippen MR) is 247 cm³/mol. The number of rotatable bonds is 42. The molecule has 0 spiro atoms. The smallest absolute Gasteiger partial charge is 0.463 e. The molecular formula is C49H84NO8P. The standard InChI is InChI=1S/C49H84NO8P/c1-3-5-7-9-11-13-15-17-19-20-21-22-23-24-25-26-28-29-31-33-35-37-39-41-48(52)50-43-44-57-59(54,55)58-46-47(51)45-56-49(53)42-40-38-36-34-32-30-27-18-16-14-12-10-8-6-4-2/h5,7,11,13,17,19,21-22,24-25,28-29,33,35,47,51H,3-4,6,8-10,12,14-16,18,20,23,26-27,30-32,34,36-46H2,1-2H3,(H,50,52)(H,54,55)/b7-5-,13-11-,19-17-,22-21-,25-24-,29-28-,35-33-. The van der Waals surface area contributed by atoms with E-state index in [1.807, 2.05) is 0 Å². The molecule has 0 aliphatic heterocycles. The molecule has 0 aromatic carbocycles. The van der Waals surface area contributed by atoms with Crippen molar-refractivity contribution >= 4 is 19.7 Å². The van der Waals surface area contributed by atoms with E-state index in [0.29, 0.717) is 12.8 Å². The van der Waals surface area contributed by atoms with Crippen molar-refractivity contribution in [1.29, 1.82) is 0 Å². The van der Waals surface area contributed by atoms with E-state index < -0.39 is 26.5 Å². The summed E-state index contributed by atoms with van der Waals surface area (Å²) in [5.74, 6) is -0.580. The predicted octanol–water partition coefficient (Wildman–Crippen LogP) is 13.2. The van der Waals surface area contributed by atoms with E-state index in [1.54, 1.807) is 0 Å². The number of aliphatic hydroxyl groups excluding tert-OH is 1. The first kappa shape index (κ1) is 56.2. The van der Waals surface area contributed by atoms with Gasteiger partial charge in [-0.15, -0.1) is 0 Å². The van der Waals surface area contributed by atoms with Gasteiger partial charge in [0.05, 0.1) is 13.2 Å². The number of phosphoric acid groups is 1. The largest absolute Gasteiger partial charge is 0.472 e. The van der Waals surface area contributed by atoms with Gasteiger partial charge in [-0.25, -0.2) is 4.57 Å². The molecule has 0 rings (SSSR count). The Balaban J connectivity index is 3.70. The second-order valence-electron chi connectivity index (χ2n) is 15.0. The molecule has 2 unspecified atom stereocenters. The summed E-state index contributed by atoms with van der Waals surface area (Å²) >= 11 is 0. The number of unbranched alkanes of at least 4 members (excludes halogenated alkanes) is 15. The molecule has 0 heterocycles. The molecule has 0 aliphatic rings. The Hall–Kier alpha value is -2.81. The first-order valence-corrected chi connectivity index (χ1v) is 24.6. The van der Waals surface area contributed by atoms with Crippen molar-refractivity contribution in [1.82, 2.24) is 5.32 Å². The van der Waals surface area contributed by atoms with Crippen molar-refractivity contribution in [3.05, 3.63) is 85.1 Å². The first-order chi connectivity index (χ1) is 28.8. The van der Waals surface area contributed by atoms with Crippen molar-refractivity contribution in [3.8, 4) is 0 Å². The van der Waals surface area contributed by atoms with Crippen molar-refractivity contribution in [2.24, 2.45) is 0 Å². The molecule has 0 saturated carbocycles. The van der Waals surface area contributed by atoms with Crippen LogP contribution in [0, 0.1) is 0 Å². The minimum absolute atomic E-state index is 0.0464. The molecule has 0 aromatic rings. The van der Waals surface area contributed by atoms with Crippen LogP contribution in [0.2, 0.25) is 0 Å². The highest BCUT2D eigenvalue weighted by Gasteiger charge is 2.23. The summed E-state index contributed by atoms with van der Waals surface area (Å²) in [6.45, 7) is 3.36. The first-order valence-electron chi connectivity index (χ1n) is 23.1. The third kappa shape index (κ3) is 46.1. The average Bonchev–Trinajstić information content (AvgIpc) is 3.22. The fraction of sp³-hybridized carbons (Fsp3) is 0.673. The van der Waals surface area contributed by atoms with Crippen molar-refractivity contribution in [2.75, 3.05) is 26.4 Å². The van der Waals surface area contributed by atoms with Crippen molar-refractivity contribution in [3.63, 3.8) is 0 Å². The fourth-order valence-electron chi connectivity index (χ4n) is 5.90. The molecule has 3 N–H and O–H groups in total. The van der Waals surface area contributed by atoms with E-state index in [4.69, 9.17) is 13.8 Å². The van der Waals surface area contributed by atoms with E-state index in [-0.39, 0.29) is 32.1 Å². The maximum atomic E-state index is 12.1. The Kier molecular flexibility index (Phi) is 42.6. The maximum absolute atomic E-state index is 12.1. The second-order valence-corrected chi connectivity index (χ2v) is 16.5. The summed E-state index contributed by atoms with van der Waals surface area (Å²) in [5.41, 5.74) is 0. The Morgan fingerprint density at radius 2 is 0.966 bits per heavy atom. The zero-order chi connectivity index (χ0) is 43.2. The number of amides is 1. The van der Waals surface area contributed by atoms with Gasteiger partial charge in [0.1, 0.15) is 12.7 Å². The average molecular weight is 846 g/mol. The molecule has 338 valence electrons. The zero-order valence-corrected chi connectivity index (χ0v) is 38.1. The summed E-state index contributed by atoms with van der Waals surface area (Å²) in [5, 5.41) is 12.7. The highest BCUT2D eigenvalue weighted by Crippen LogP contribution is 2.42. The Morgan fingerprint density at radius 1 is 0.542 bits per heavy atom. The minimum Gasteiger partial charge on any atom is -0.463 e. The highest BCUT2D eigenvalue weighted by molar-refractivity contribution is 7.47. The lowest BCUT2D eigenvalue weighted by molar-refractivity contribution is -0.147. The quantitative estimate of drug-likeness (QED) is 0.0240. The number of carbonyl (C=O) groups is 2. The molecule has 59 heavy (non-hydrogen) atoms. The van der Waals surface area contributed by atoms with Crippen LogP contribution in [0.4, 0.5) is 0 Å². The molecular weight excluding hydrogens is 762 g/mol. The number of phosphoric ester groups is 1. The SMILES string of the molecule is CC/C=C\C/C=C\C/C=C\C/C=C\C/C=C\C/C=C\C/C=C\CCCC(=O)NCCOP(=O)(O)OCC(O)COC(=O)CCCCCCCCCCCCCCCCC. The normalized spacial score (nSPS) is 14.0. The number of esters is 1. The lowest BCUT2D eigenvalue weighted by Gasteiger charge is -2.15. The minimum atomic E-state index is -4.44. The van der Waals surface area contributed by atoms with Crippen LogP contribution in [-0.2, 0) is 27.9 Å². The molecule has 0 aromatic heterocycles. The summed E-state index contributed by atoms with van der Waals surface area (Å²) < 4.78 is 26.9. The monoisotopic (exact) mass is 846 g/mol. The summed E-state index contributed by atoms with van der Waals surface area (Å²) in [6.07, 6.45) is 56.6. The molecule has 0 saturated heterocycles. The molecule has 0 fully saturated rings. The summed E-state index contributed by atoms with van der Waals surface area (Å²) in [4.78, 5) is 33.9. The van der Waals surface area contributed by atoms with E-state index in [2.05, 4.69) is 104 Å². The van der Waals surface area contributed by atoms with Gasteiger partial charge in [-0.05, 0) is 64.2 Å². The number of hydrogen-bond acceptors (Lipinski definition) is 7. The van der Waals surface area contributed by atoms with Gasteiger partial charge >= 0.3 is 13.8 Å². The van der Waals surface area contributed by atoms with Crippen LogP contribution >= 0.6 is 7.82 Å². The number of nitrogens with one attached hydrogen (secondary N) is 1. The number of hydrogen-bond donors (Lipinski definition) is 3. The van der Waals surface area contributed by atoms with Gasteiger partial charge in [-0.2, -0.15) is 0 Å². The molecule has 0 bridgehead atoms. The van der Waals surface area contributed by atoms with Crippen LogP contribution in [0.1, 0.15) is 181 Å². The number of ether oxygens (including phenoxy) is 1. The Morgan fingerprint density at radius 3 is 1.42 bits per heavy atom. The zero-order valence-electron chi connectivity index (χ0n) is 37.2. The van der Waals surface area contributed by atoms with E-state index >= 15 is 0 Å². The van der Waals surface area contributed by atoms with Gasteiger partial charge in [0.25, 0.3) is 0 Å². The van der Waals surface area contributed by atoms with E-state index in [0.717, 1.165) is 70.6 Å². The van der Waals surface area contributed by atoms with Crippen LogP contribution in [-0.4, -0.2) is 54.3 Å². The number of allylic oxidation sites excluding steroid dienone is 14. The van der Waals surface area contributed by atoms with Crippen LogP contribution in [0.15, 0.2) is 85.1 Å². The van der Waals surface area contributed by atoms with Gasteiger partial charge in [-0.3, -0.25) is 18.6 Å². The van der Waals surface area contributed by atoms with Gasteiger partial charge in [-0.1, -0.05) is 189 Å². The fourth-order valence-corrected chi connectivity index (χ4v) is 6.66. The third-order valence-electron chi connectivity index (χ3n) is 9.34. The number of carbonyl (C=O) groups excluding carboxylic acids is 2. The van der Waals surface area contributed by atoms with Crippen LogP contribution in [0.5, 0.6) is 0 Å².